The molecule has 0 amide bonds. The van der Waals surface area contributed by atoms with Gasteiger partial charge < -0.3 is 5.11 Å². The molecule has 0 aromatic carbocycles. The lowest BCUT2D eigenvalue weighted by molar-refractivity contribution is 0.0688. The van der Waals surface area contributed by atoms with Gasteiger partial charge in [0, 0.05) is 5.56 Å². The van der Waals surface area contributed by atoms with Crippen molar-refractivity contribution in [2.45, 2.75) is 31.6 Å². The zero-order valence-electron chi connectivity index (χ0n) is 7.29. The van der Waals surface area contributed by atoms with Gasteiger partial charge in [-0.15, -0.1) is 0 Å². The zero-order valence-corrected chi connectivity index (χ0v) is 7.29. The highest BCUT2D eigenvalue weighted by molar-refractivity contribution is 5.87. The van der Waals surface area contributed by atoms with Crippen molar-refractivity contribution >= 4 is 5.97 Å². The van der Waals surface area contributed by atoms with E-state index >= 15 is 0 Å². The van der Waals surface area contributed by atoms with Crippen LogP contribution in [0, 0.1) is 0 Å². The third kappa shape index (κ3) is 1.43. The van der Waals surface area contributed by atoms with E-state index in [0.29, 0.717) is 5.92 Å². The van der Waals surface area contributed by atoms with Crippen LogP contribution in [0.15, 0.2) is 6.20 Å². The number of H-pyrrole nitrogens is 1. The highest BCUT2D eigenvalue weighted by Crippen LogP contribution is 2.34. The molecule has 13 heavy (non-hydrogen) atoms. The number of hydrogen-bond acceptors (Lipinski definition) is 2. The van der Waals surface area contributed by atoms with Crippen molar-refractivity contribution in [1.29, 1.82) is 0 Å². The Hall–Kier alpha value is -1.32. The molecule has 1 heterocycles. The smallest absolute Gasteiger partial charge is 0.354 e. The van der Waals surface area contributed by atoms with Crippen LogP contribution in [0.1, 0.15) is 47.7 Å². The van der Waals surface area contributed by atoms with Gasteiger partial charge in [0.15, 0.2) is 0 Å². The van der Waals surface area contributed by atoms with E-state index in [1.807, 2.05) is 0 Å². The van der Waals surface area contributed by atoms with Gasteiger partial charge in [-0.25, -0.2) is 4.79 Å². The predicted octanol–water partition coefficient (Wildman–Crippen LogP) is 1.77. The maximum atomic E-state index is 10.8. The molecule has 1 aromatic rings. The second kappa shape index (κ2) is 3.20. The summed E-state index contributed by atoms with van der Waals surface area (Å²) >= 11 is 0. The van der Waals surface area contributed by atoms with Crippen LogP contribution in [0.5, 0.6) is 0 Å². The van der Waals surface area contributed by atoms with Gasteiger partial charge in [-0.05, 0) is 18.8 Å². The Morgan fingerprint density at radius 2 is 2.23 bits per heavy atom. The molecule has 0 aliphatic heterocycles. The second-order valence-electron chi connectivity index (χ2n) is 3.49. The lowest BCUT2D eigenvalue weighted by Crippen LogP contribution is -2.03. The summed E-state index contributed by atoms with van der Waals surface area (Å²) in [5.74, 6) is -0.496. The Kier molecular flexibility index (Phi) is 2.04. The quantitative estimate of drug-likeness (QED) is 0.728. The number of aromatic carboxylic acids is 1. The van der Waals surface area contributed by atoms with E-state index in [2.05, 4.69) is 10.2 Å². The minimum Gasteiger partial charge on any atom is -0.477 e. The highest BCUT2D eigenvalue weighted by Gasteiger charge is 2.23. The second-order valence-corrected chi connectivity index (χ2v) is 3.49. The largest absolute Gasteiger partial charge is 0.477 e. The molecule has 0 spiro atoms. The summed E-state index contributed by atoms with van der Waals surface area (Å²) in [6, 6.07) is 0. The average Bonchev–Trinajstić information content (AvgIpc) is 2.74. The Bertz CT molecular complexity index is 313. The van der Waals surface area contributed by atoms with Gasteiger partial charge >= 0.3 is 5.97 Å². The first-order chi connectivity index (χ1) is 6.29. The van der Waals surface area contributed by atoms with Crippen LogP contribution in [-0.4, -0.2) is 21.3 Å². The third-order valence-corrected chi connectivity index (χ3v) is 2.68. The van der Waals surface area contributed by atoms with Crippen LogP contribution in [0.4, 0.5) is 0 Å². The number of carboxylic acid groups (broad SMARTS) is 1. The van der Waals surface area contributed by atoms with Gasteiger partial charge in [0.05, 0.1) is 6.20 Å². The van der Waals surface area contributed by atoms with Crippen molar-refractivity contribution in [2.75, 3.05) is 0 Å². The number of carboxylic acids is 1. The number of carbonyl (C=O) groups is 1. The van der Waals surface area contributed by atoms with Crippen LogP contribution < -0.4 is 0 Å². The molecule has 70 valence electrons. The Balaban J connectivity index is 2.28. The van der Waals surface area contributed by atoms with E-state index in [0.717, 1.165) is 18.4 Å². The maximum Gasteiger partial charge on any atom is 0.354 e. The average molecular weight is 180 g/mol. The molecule has 1 aromatic heterocycles. The molecule has 4 heteroatoms. The molecule has 0 saturated heterocycles. The maximum absolute atomic E-state index is 10.8. The Labute approximate surface area is 76.0 Å². The number of nitrogens with zero attached hydrogens (tertiary/aromatic N) is 1. The number of aromatic nitrogens is 2. The number of nitrogens with one attached hydrogen (secondary N) is 1. The summed E-state index contributed by atoms with van der Waals surface area (Å²) in [6.45, 7) is 0. The minimum absolute atomic E-state index is 0.270. The van der Waals surface area contributed by atoms with Crippen molar-refractivity contribution in [3.63, 3.8) is 0 Å². The molecule has 1 aliphatic rings. The van der Waals surface area contributed by atoms with E-state index in [-0.39, 0.29) is 5.69 Å². The Morgan fingerprint density at radius 3 is 2.85 bits per heavy atom. The molecule has 0 bridgehead atoms. The summed E-state index contributed by atoms with van der Waals surface area (Å²) in [6.07, 6.45) is 6.25. The van der Waals surface area contributed by atoms with Crippen molar-refractivity contribution < 1.29 is 9.90 Å². The van der Waals surface area contributed by atoms with Gasteiger partial charge in [-0.1, -0.05) is 12.8 Å². The van der Waals surface area contributed by atoms with Crippen LogP contribution in [0.2, 0.25) is 0 Å². The monoisotopic (exact) mass is 180 g/mol. The molecule has 0 unspecified atom stereocenters. The number of aromatic amines is 1. The summed E-state index contributed by atoms with van der Waals surface area (Å²) in [5, 5.41) is 15.2. The first kappa shape index (κ1) is 8.29. The van der Waals surface area contributed by atoms with E-state index in [1.54, 1.807) is 6.20 Å². The van der Waals surface area contributed by atoms with E-state index in [9.17, 15) is 4.79 Å². The van der Waals surface area contributed by atoms with Crippen LogP contribution >= 0.6 is 0 Å². The van der Waals surface area contributed by atoms with E-state index in [4.69, 9.17) is 5.11 Å². The summed E-state index contributed by atoms with van der Waals surface area (Å²) in [4.78, 5) is 10.8. The normalized spacial score (nSPS) is 17.8. The molecule has 0 radical (unpaired) electrons. The molecule has 1 fully saturated rings. The molecule has 0 atom stereocenters. The van der Waals surface area contributed by atoms with Crippen LogP contribution in [-0.2, 0) is 0 Å². The predicted molar refractivity (Wildman–Crippen MR) is 46.8 cm³/mol. The molecular weight excluding hydrogens is 168 g/mol. The zero-order chi connectivity index (χ0) is 9.26. The lowest BCUT2D eigenvalue weighted by atomic mass is 9.98. The SMILES string of the molecule is O=C(O)c1[nH]ncc1C1CCCC1. The molecule has 4 nitrogen and oxygen atoms in total. The first-order valence-electron chi connectivity index (χ1n) is 4.55. The minimum atomic E-state index is -0.903. The fraction of sp³-hybridized carbons (Fsp3) is 0.556. The van der Waals surface area contributed by atoms with Crippen molar-refractivity contribution in [3.05, 3.63) is 17.5 Å². The van der Waals surface area contributed by atoms with Gasteiger partial charge in [0.25, 0.3) is 0 Å². The van der Waals surface area contributed by atoms with E-state index in [1.165, 1.54) is 12.8 Å². The standard InChI is InChI=1S/C9H12N2O2/c12-9(13)8-7(5-10-11-8)6-3-1-2-4-6/h5-6H,1-4H2,(H,10,11)(H,12,13). The number of rotatable bonds is 2. The summed E-state index contributed by atoms with van der Waals surface area (Å²) in [5.41, 5.74) is 1.15. The van der Waals surface area contributed by atoms with Gasteiger partial charge in [-0.3, -0.25) is 5.10 Å². The molecule has 1 aliphatic carbocycles. The lowest BCUT2D eigenvalue weighted by Gasteiger charge is -2.06. The van der Waals surface area contributed by atoms with Gasteiger partial charge in [0.2, 0.25) is 0 Å². The van der Waals surface area contributed by atoms with Crippen molar-refractivity contribution in [2.24, 2.45) is 0 Å². The first-order valence-corrected chi connectivity index (χ1v) is 4.55. The summed E-state index contributed by atoms with van der Waals surface area (Å²) in [7, 11) is 0. The van der Waals surface area contributed by atoms with Gasteiger partial charge in [-0.2, -0.15) is 5.10 Å². The number of hydrogen-bond donors (Lipinski definition) is 2. The molecular formula is C9H12N2O2. The molecule has 2 N–H and O–H groups in total. The van der Waals surface area contributed by atoms with Crippen LogP contribution in [0.3, 0.4) is 0 Å². The molecule has 2 rings (SSSR count). The fourth-order valence-corrected chi connectivity index (χ4v) is 2.01. The highest BCUT2D eigenvalue weighted by atomic mass is 16.4. The molecule has 1 saturated carbocycles. The Morgan fingerprint density at radius 1 is 1.54 bits per heavy atom. The fourth-order valence-electron chi connectivity index (χ4n) is 2.01. The van der Waals surface area contributed by atoms with Crippen molar-refractivity contribution in [3.8, 4) is 0 Å². The third-order valence-electron chi connectivity index (χ3n) is 2.68. The van der Waals surface area contributed by atoms with E-state index < -0.39 is 5.97 Å². The topological polar surface area (TPSA) is 66.0 Å². The van der Waals surface area contributed by atoms with Crippen LogP contribution in [0.25, 0.3) is 0 Å². The summed E-state index contributed by atoms with van der Waals surface area (Å²) < 4.78 is 0. The van der Waals surface area contributed by atoms with Gasteiger partial charge in [0.1, 0.15) is 5.69 Å². The van der Waals surface area contributed by atoms with Crippen molar-refractivity contribution in [1.82, 2.24) is 10.2 Å².